The maximum Gasteiger partial charge on any atom is 0.322 e. The molecule has 1 aliphatic heterocycles. The van der Waals surface area contributed by atoms with Crippen molar-refractivity contribution in [2.45, 2.75) is 18.6 Å². The van der Waals surface area contributed by atoms with Crippen molar-refractivity contribution in [3.05, 3.63) is 83.1 Å². The van der Waals surface area contributed by atoms with E-state index < -0.39 is 23.8 Å². The van der Waals surface area contributed by atoms with Crippen LogP contribution in [0.15, 0.2) is 66.7 Å². The molecule has 3 amide bonds. The van der Waals surface area contributed by atoms with Gasteiger partial charge >= 0.3 is 6.03 Å². The van der Waals surface area contributed by atoms with Gasteiger partial charge in [0.25, 0.3) is 0 Å². The second-order valence-electron chi connectivity index (χ2n) is 8.04. The van der Waals surface area contributed by atoms with E-state index in [4.69, 9.17) is 16.3 Å². The van der Waals surface area contributed by atoms with Crippen LogP contribution in [0.4, 0.5) is 20.6 Å². The van der Waals surface area contributed by atoms with Crippen LogP contribution >= 0.6 is 11.6 Å². The van der Waals surface area contributed by atoms with Crippen LogP contribution in [-0.4, -0.2) is 42.6 Å². The largest absolute Gasteiger partial charge is 0.380 e. The van der Waals surface area contributed by atoms with Crippen LogP contribution in [0, 0.1) is 17.1 Å². The van der Waals surface area contributed by atoms with E-state index in [-0.39, 0.29) is 24.8 Å². The van der Waals surface area contributed by atoms with Gasteiger partial charge in [0.1, 0.15) is 11.9 Å². The molecule has 2 N–H and O–H groups in total. The van der Waals surface area contributed by atoms with Crippen molar-refractivity contribution in [1.82, 2.24) is 4.90 Å². The smallest absolute Gasteiger partial charge is 0.322 e. The summed E-state index contributed by atoms with van der Waals surface area (Å²) in [7, 11) is 1.51. The van der Waals surface area contributed by atoms with E-state index >= 15 is 0 Å². The van der Waals surface area contributed by atoms with Crippen molar-refractivity contribution in [3.63, 3.8) is 0 Å². The fraction of sp³-hybridized carbons (Fsp3) is 0.192. The number of halogens is 2. The molecule has 0 aromatic heterocycles. The molecule has 1 heterocycles. The van der Waals surface area contributed by atoms with E-state index in [1.54, 1.807) is 54.6 Å². The van der Waals surface area contributed by atoms with Gasteiger partial charge in [0.2, 0.25) is 5.91 Å². The van der Waals surface area contributed by atoms with Crippen LogP contribution in [0.25, 0.3) is 11.1 Å². The summed E-state index contributed by atoms with van der Waals surface area (Å²) >= 11 is 5.89. The third-order valence-corrected chi connectivity index (χ3v) is 6.09. The van der Waals surface area contributed by atoms with Crippen LogP contribution in [0.3, 0.4) is 0 Å². The highest BCUT2D eigenvalue weighted by atomic mass is 35.5. The number of methoxy groups -OCH3 is 1. The zero-order valence-corrected chi connectivity index (χ0v) is 19.6. The lowest BCUT2D eigenvalue weighted by Crippen LogP contribution is -2.45. The minimum absolute atomic E-state index is 0.0212. The lowest BCUT2D eigenvalue weighted by Gasteiger charge is -2.24. The third-order valence-electron chi connectivity index (χ3n) is 5.84. The molecular formula is C26H22ClFN4O3. The van der Waals surface area contributed by atoms with Crippen molar-refractivity contribution in [3.8, 4) is 17.2 Å². The van der Waals surface area contributed by atoms with E-state index in [9.17, 15) is 19.2 Å². The minimum Gasteiger partial charge on any atom is -0.380 e. The number of hydrogen-bond acceptors (Lipinski definition) is 4. The van der Waals surface area contributed by atoms with Gasteiger partial charge in [-0.3, -0.25) is 4.79 Å². The molecule has 178 valence electrons. The molecule has 0 radical (unpaired) electrons. The van der Waals surface area contributed by atoms with Gasteiger partial charge in [-0.05, 0) is 53.6 Å². The molecule has 3 aromatic carbocycles. The fourth-order valence-corrected chi connectivity index (χ4v) is 4.13. The summed E-state index contributed by atoms with van der Waals surface area (Å²) in [5, 5.41) is 15.2. The number of ether oxygens (including phenoxy) is 1. The highest BCUT2D eigenvalue weighted by molar-refractivity contribution is 6.30. The van der Waals surface area contributed by atoms with Gasteiger partial charge in [-0.25, -0.2) is 9.18 Å². The standard InChI is InChI=1S/C26H22ClFN4O3/c1-35-20-13-24(32(15-20)26(34)30-19-9-7-18(27)8-10-19)25(33)31-23-11-6-16(12-22(23)28)21-5-3-2-4-17(21)14-29/h2-12,20,24H,13,15H2,1H3,(H,30,34)(H,31,33)/t20-,24-/m1/s1. The highest BCUT2D eigenvalue weighted by Gasteiger charge is 2.40. The molecule has 3 aromatic rings. The number of rotatable bonds is 5. The number of nitrogens with one attached hydrogen (secondary N) is 2. The Morgan fingerprint density at radius 2 is 1.86 bits per heavy atom. The number of nitrogens with zero attached hydrogens (tertiary/aromatic N) is 2. The van der Waals surface area contributed by atoms with Crippen LogP contribution < -0.4 is 10.6 Å². The molecule has 1 fully saturated rings. The predicted octanol–water partition coefficient (Wildman–Crippen LogP) is 5.28. The first kappa shape index (κ1) is 24.2. The lowest BCUT2D eigenvalue weighted by molar-refractivity contribution is -0.119. The summed E-state index contributed by atoms with van der Waals surface area (Å²) in [6.45, 7) is 0.209. The van der Waals surface area contributed by atoms with E-state index in [1.807, 2.05) is 0 Å². The van der Waals surface area contributed by atoms with Crippen molar-refractivity contribution in [1.29, 1.82) is 5.26 Å². The third kappa shape index (κ3) is 5.43. The topological polar surface area (TPSA) is 94.5 Å². The Labute approximate surface area is 207 Å². The molecule has 7 nitrogen and oxygen atoms in total. The summed E-state index contributed by atoms with van der Waals surface area (Å²) in [6, 6.07) is 18.6. The molecule has 0 spiro atoms. The number of likely N-dealkylation sites (tertiary alicyclic amines) is 1. The van der Waals surface area contributed by atoms with Gasteiger partial charge < -0.3 is 20.3 Å². The van der Waals surface area contributed by atoms with Crippen LogP contribution in [-0.2, 0) is 9.53 Å². The number of carbonyl (C=O) groups is 2. The van der Waals surface area contributed by atoms with E-state index in [2.05, 4.69) is 16.7 Å². The summed E-state index contributed by atoms with van der Waals surface area (Å²) in [5.74, 6) is -1.18. The van der Waals surface area contributed by atoms with Gasteiger partial charge in [-0.15, -0.1) is 0 Å². The minimum atomic E-state index is -0.856. The summed E-state index contributed by atoms with van der Waals surface area (Å²) in [4.78, 5) is 27.4. The van der Waals surface area contributed by atoms with Crippen LogP contribution in [0.5, 0.6) is 0 Å². The quantitative estimate of drug-likeness (QED) is 0.506. The molecule has 0 bridgehead atoms. The zero-order valence-electron chi connectivity index (χ0n) is 18.8. The van der Waals surface area contributed by atoms with Crippen molar-refractivity contribution in [2.24, 2.45) is 0 Å². The second-order valence-corrected chi connectivity index (χ2v) is 8.48. The molecule has 35 heavy (non-hydrogen) atoms. The molecular weight excluding hydrogens is 471 g/mol. The monoisotopic (exact) mass is 492 g/mol. The maximum atomic E-state index is 14.9. The Morgan fingerprint density at radius 3 is 2.54 bits per heavy atom. The van der Waals surface area contributed by atoms with Crippen molar-refractivity contribution < 1.29 is 18.7 Å². The number of benzene rings is 3. The van der Waals surface area contributed by atoms with Crippen molar-refractivity contribution in [2.75, 3.05) is 24.3 Å². The SMILES string of the molecule is CO[C@@H]1C[C@H](C(=O)Nc2ccc(-c3ccccc3C#N)cc2F)N(C(=O)Nc2ccc(Cl)cc2)C1. The van der Waals surface area contributed by atoms with Crippen LogP contribution in [0.2, 0.25) is 5.02 Å². The van der Waals surface area contributed by atoms with Crippen molar-refractivity contribution >= 4 is 34.9 Å². The molecule has 4 rings (SSSR count). The molecule has 0 aliphatic carbocycles. The molecule has 9 heteroatoms. The number of carbonyl (C=O) groups excluding carboxylic acids is 2. The Hall–Kier alpha value is -3.93. The first-order valence-corrected chi connectivity index (χ1v) is 11.2. The van der Waals surface area contributed by atoms with Gasteiger partial charge in [0, 0.05) is 30.8 Å². The van der Waals surface area contributed by atoms with E-state index in [0.717, 1.165) is 0 Å². The maximum absolute atomic E-state index is 14.9. The summed E-state index contributed by atoms with van der Waals surface area (Å²) in [6.07, 6.45) is -0.0672. The zero-order chi connectivity index (χ0) is 24.9. The Bertz CT molecular complexity index is 1290. The van der Waals surface area contributed by atoms with Gasteiger partial charge in [0.15, 0.2) is 0 Å². The summed E-state index contributed by atoms with van der Waals surface area (Å²) in [5.41, 5.74) is 2.03. The molecule has 0 saturated carbocycles. The summed E-state index contributed by atoms with van der Waals surface area (Å²) < 4.78 is 20.3. The highest BCUT2D eigenvalue weighted by Crippen LogP contribution is 2.28. The number of hydrogen-bond donors (Lipinski definition) is 2. The number of amides is 3. The van der Waals surface area contributed by atoms with E-state index in [1.165, 1.54) is 24.1 Å². The first-order chi connectivity index (χ1) is 16.9. The number of anilines is 2. The Morgan fingerprint density at radius 1 is 1.11 bits per heavy atom. The van der Waals surface area contributed by atoms with Gasteiger partial charge in [-0.1, -0.05) is 35.9 Å². The number of urea groups is 1. The predicted molar refractivity (Wildman–Crippen MR) is 132 cm³/mol. The first-order valence-electron chi connectivity index (χ1n) is 10.9. The fourth-order valence-electron chi connectivity index (χ4n) is 4.00. The molecule has 2 atom stereocenters. The Kier molecular flexibility index (Phi) is 7.30. The molecule has 0 unspecified atom stereocenters. The Balaban J connectivity index is 1.50. The normalized spacial score (nSPS) is 17.0. The van der Waals surface area contributed by atoms with Crippen LogP contribution in [0.1, 0.15) is 12.0 Å². The average Bonchev–Trinajstić information content (AvgIpc) is 3.31. The number of nitriles is 1. The lowest BCUT2D eigenvalue weighted by atomic mass is 10.00. The second kappa shape index (κ2) is 10.6. The molecule has 1 aliphatic rings. The van der Waals surface area contributed by atoms with E-state index in [0.29, 0.717) is 27.4 Å². The van der Waals surface area contributed by atoms with Gasteiger partial charge in [-0.2, -0.15) is 5.26 Å². The molecule has 1 saturated heterocycles. The van der Waals surface area contributed by atoms with Gasteiger partial charge in [0.05, 0.1) is 23.4 Å². The average molecular weight is 493 g/mol.